The molecule has 0 fully saturated rings. The first-order valence-corrected chi connectivity index (χ1v) is 7.66. The molecule has 0 radical (unpaired) electrons. The molecule has 17 heavy (non-hydrogen) atoms. The number of aryl methyl sites for hydroxylation is 2. The maximum atomic E-state index is 3.47. The first kappa shape index (κ1) is 12.9. The van der Waals surface area contributed by atoms with E-state index in [0.717, 1.165) is 13.0 Å². The van der Waals surface area contributed by atoms with Crippen LogP contribution in [0.2, 0.25) is 0 Å². The van der Waals surface area contributed by atoms with Crippen molar-refractivity contribution in [1.29, 1.82) is 0 Å². The number of hydrogen-bond donors (Lipinski definition) is 1. The number of hydrogen-bond acceptors (Lipinski definition) is 2. The van der Waals surface area contributed by atoms with E-state index < -0.39 is 0 Å². The van der Waals surface area contributed by atoms with E-state index in [2.05, 4.69) is 72.1 Å². The summed E-state index contributed by atoms with van der Waals surface area (Å²) in [6.07, 6.45) is 1.13. The predicted octanol–water partition coefficient (Wildman–Crippen LogP) is 4.84. The molecule has 1 aromatic heterocycles. The van der Waals surface area contributed by atoms with Gasteiger partial charge in [-0.3, -0.25) is 0 Å². The lowest BCUT2D eigenvalue weighted by atomic mass is 10.2. The summed E-state index contributed by atoms with van der Waals surface area (Å²) >= 11 is 4.27. The summed E-state index contributed by atoms with van der Waals surface area (Å²) in [5.41, 5.74) is 2.53. The molecule has 0 bridgehead atoms. The molecule has 0 aliphatic heterocycles. The second kappa shape index (κ2) is 5.87. The van der Waals surface area contributed by atoms with Crippen LogP contribution >= 0.6 is 33.9 Å². The van der Waals surface area contributed by atoms with Crippen molar-refractivity contribution < 1.29 is 0 Å². The molecule has 2 aromatic rings. The molecule has 0 amide bonds. The van der Waals surface area contributed by atoms with Gasteiger partial charge in [0, 0.05) is 25.6 Å². The second-order valence-corrected chi connectivity index (χ2v) is 6.45. The van der Waals surface area contributed by atoms with E-state index >= 15 is 0 Å². The molecule has 2 rings (SSSR count). The van der Waals surface area contributed by atoms with Crippen LogP contribution in [0.15, 0.2) is 30.3 Å². The van der Waals surface area contributed by atoms with Crippen LogP contribution in [0.5, 0.6) is 0 Å². The van der Waals surface area contributed by atoms with Crippen molar-refractivity contribution in [2.24, 2.45) is 0 Å². The zero-order valence-electron chi connectivity index (χ0n) is 10.1. The number of rotatable bonds is 4. The van der Waals surface area contributed by atoms with E-state index in [1.165, 1.54) is 24.6 Å². The highest BCUT2D eigenvalue weighted by Gasteiger charge is 2.00. The van der Waals surface area contributed by atoms with Gasteiger partial charge in [0.05, 0.1) is 0 Å². The van der Waals surface area contributed by atoms with Crippen molar-refractivity contribution in [3.63, 3.8) is 0 Å². The third-order valence-electron chi connectivity index (χ3n) is 2.70. The van der Waals surface area contributed by atoms with E-state index in [1.54, 1.807) is 0 Å². The fraction of sp³-hybridized carbons (Fsp3) is 0.286. The Labute approximate surface area is 120 Å². The van der Waals surface area contributed by atoms with Crippen LogP contribution in [0.3, 0.4) is 0 Å². The van der Waals surface area contributed by atoms with Gasteiger partial charge in [-0.15, -0.1) is 11.3 Å². The third-order valence-corrected chi connectivity index (χ3v) is 5.10. The van der Waals surface area contributed by atoms with Gasteiger partial charge in [0.15, 0.2) is 0 Å². The van der Waals surface area contributed by atoms with Crippen LogP contribution < -0.4 is 5.32 Å². The molecule has 0 spiro atoms. The Morgan fingerprint density at radius 2 is 1.94 bits per heavy atom. The monoisotopic (exact) mass is 357 g/mol. The second-order valence-electron chi connectivity index (χ2n) is 4.04. The van der Waals surface area contributed by atoms with Crippen LogP contribution in [0.4, 0.5) is 5.69 Å². The predicted molar refractivity (Wildman–Crippen MR) is 84.9 cm³/mol. The van der Waals surface area contributed by atoms with Crippen molar-refractivity contribution >= 4 is 39.6 Å². The van der Waals surface area contributed by atoms with Gasteiger partial charge in [-0.25, -0.2) is 0 Å². The Hall–Kier alpha value is -0.550. The lowest BCUT2D eigenvalue weighted by Crippen LogP contribution is -1.97. The van der Waals surface area contributed by atoms with Crippen LogP contribution in [-0.2, 0) is 13.0 Å². The summed E-state index contributed by atoms with van der Waals surface area (Å²) in [7, 11) is 0. The number of benzene rings is 1. The molecule has 1 nitrogen and oxygen atoms in total. The highest BCUT2D eigenvalue weighted by molar-refractivity contribution is 14.1. The Balaban J connectivity index is 1.99. The molecule has 0 saturated carbocycles. The largest absolute Gasteiger partial charge is 0.380 e. The molecule has 0 saturated heterocycles. The van der Waals surface area contributed by atoms with Gasteiger partial charge in [-0.05, 0) is 65.8 Å². The summed E-state index contributed by atoms with van der Waals surface area (Å²) in [5.74, 6) is 0. The Kier molecular flexibility index (Phi) is 4.45. The highest BCUT2D eigenvalue weighted by Crippen LogP contribution is 2.20. The maximum Gasteiger partial charge on any atom is 0.0494 e. The van der Waals surface area contributed by atoms with Gasteiger partial charge in [0.2, 0.25) is 0 Å². The minimum absolute atomic E-state index is 0.920. The SMILES string of the molecule is CCc1ccc(CNc2ccc(C)c(I)c2)s1. The lowest BCUT2D eigenvalue weighted by Gasteiger charge is -2.06. The van der Waals surface area contributed by atoms with Crippen molar-refractivity contribution in [1.82, 2.24) is 0 Å². The first-order valence-electron chi connectivity index (χ1n) is 5.76. The summed E-state index contributed by atoms with van der Waals surface area (Å²) < 4.78 is 1.31. The number of thiophene rings is 1. The lowest BCUT2D eigenvalue weighted by molar-refractivity contribution is 1.19. The number of nitrogens with one attached hydrogen (secondary N) is 1. The third kappa shape index (κ3) is 3.45. The molecule has 0 aliphatic rings. The molecule has 3 heteroatoms. The van der Waals surface area contributed by atoms with Crippen molar-refractivity contribution in [2.45, 2.75) is 26.8 Å². The Morgan fingerprint density at radius 3 is 2.59 bits per heavy atom. The molecule has 0 aliphatic carbocycles. The molecule has 0 unspecified atom stereocenters. The topological polar surface area (TPSA) is 12.0 Å². The summed E-state index contributed by atoms with van der Waals surface area (Å²) in [6.45, 7) is 5.26. The van der Waals surface area contributed by atoms with E-state index in [4.69, 9.17) is 0 Å². The van der Waals surface area contributed by atoms with E-state index in [-0.39, 0.29) is 0 Å². The fourth-order valence-electron chi connectivity index (χ4n) is 1.60. The zero-order valence-corrected chi connectivity index (χ0v) is 13.1. The van der Waals surface area contributed by atoms with E-state index in [0.29, 0.717) is 0 Å². The summed E-state index contributed by atoms with van der Waals surface area (Å²) in [6, 6.07) is 10.9. The number of anilines is 1. The quantitative estimate of drug-likeness (QED) is 0.773. The molecule has 1 N–H and O–H groups in total. The van der Waals surface area contributed by atoms with Gasteiger partial charge in [0.1, 0.15) is 0 Å². The van der Waals surface area contributed by atoms with Crippen LogP contribution in [-0.4, -0.2) is 0 Å². The van der Waals surface area contributed by atoms with Crippen molar-refractivity contribution in [3.8, 4) is 0 Å². The molecule has 1 aromatic carbocycles. The van der Waals surface area contributed by atoms with Crippen molar-refractivity contribution in [3.05, 3.63) is 49.2 Å². The average Bonchev–Trinajstić information content (AvgIpc) is 2.79. The molecular weight excluding hydrogens is 341 g/mol. The van der Waals surface area contributed by atoms with Crippen LogP contribution in [0, 0.1) is 10.5 Å². The van der Waals surface area contributed by atoms with Gasteiger partial charge in [0.25, 0.3) is 0 Å². The smallest absolute Gasteiger partial charge is 0.0494 e. The summed E-state index contributed by atoms with van der Waals surface area (Å²) in [4.78, 5) is 2.86. The molecule has 90 valence electrons. The van der Waals surface area contributed by atoms with Crippen molar-refractivity contribution in [2.75, 3.05) is 5.32 Å². The van der Waals surface area contributed by atoms with Gasteiger partial charge < -0.3 is 5.32 Å². The van der Waals surface area contributed by atoms with E-state index in [9.17, 15) is 0 Å². The molecular formula is C14H16INS. The molecule has 1 heterocycles. The minimum atomic E-state index is 0.920. The van der Waals surface area contributed by atoms with Crippen LogP contribution in [0.25, 0.3) is 0 Å². The zero-order chi connectivity index (χ0) is 12.3. The minimum Gasteiger partial charge on any atom is -0.380 e. The Morgan fingerprint density at radius 1 is 1.18 bits per heavy atom. The summed E-state index contributed by atoms with van der Waals surface area (Å²) in [5, 5.41) is 3.47. The van der Waals surface area contributed by atoms with Gasteiger partial charge >= 0.3 is 0 Å². The maximum absolute atomic E-state index is 3.47. The van der Waals surface area contributed by atoms with E-state index in [1.807, 2.05) is 11.3 Å². The van der Waals surface area contributed by atoms with Gasteiger partial charge in [-0.1, -0.05) is 13.0 Å². The average molecular weight is 357 g/mol. The Bertz CT molecular complexity index is 505. The normalized spacial score (nSPS) is 10.5. The number of halogens is 1. The molecule has 0 atom stereocenters. The highest BCUT2D eigenvalue weighted by atomic mass is 127. The fourth-order valence-corrected chi connectivity index (χ4v) is 3.01. The first-order chi connectivity index (χ1) is 8.19. The van der Waals surface area contributed by atoms with Crippen LogP contribution in [0.1, 0.15) is 22.2 Å². The van der Waals surface area contributed by atoms with Gasteiger partial charge in [-0.2, -0.15) is 0 Å². The standard InChI is InChI=1S/C14H16INS/c1-3-12-6-7-13(17-12)9-16-11-5-4-10(2)14(15)8-11/h4-8,16H,3,9H2,1-2H3.